The van der Waals surface area contributed by atoms with Gasteiger partial charge >= 0.3 is 0 Å². The fourth-order valence-electron chi connectivity index (χ4n) is 2.83. The third-order valence-corrected chi connectivity index (χ3v) is 4.15. The number of likely N-dealkylation sites (tertiary alicyclic amines) is 1. The predicted octanol–water partition coefficient (Wildman–Crippen LogP) is 2.32. The molecule has 0 N–H and O–H groups in total. The summed E-state index contributed by atoms with van der Waals surface area (Å²) in [7, 11) is 0. The van der Waals surface area contributed by atoms with Crippen LogP contribution in [0.4, 0.5) is 0 Å². The summed E-state index contributed by atoms with van der Waals surface area (Å²) in [5.41, 5.74) is 0.930. The first-order valence-corrected chi connectivity index (χ1v) is 7.40. The molecule has 1 aliphatic rings. The number of hydrogen-bond donors (Lipinski definition) is 0. The standard InChI is InChI=1S/C18H17NO3/c1-2-13-5-8-19(12-13)9-6-16(20)14-3-4-15-17(21)7-10-22-18(15)11-14/h1,3-4,7,10-11,13H,5-6,8-9,12H2. The lowest BCUT2D eigenvalue weighted by molar-refractivity contribution is 0.0968. The van der Waals surface area contributed by atoms with Gasteiger partial charge in [0.25, 0.3) is 0 Å². The highest BCUT2D eigenvalue weighted by Crippen LogP contribution is 2.17. The van der Waals surface area contributed by atoms with Crippen molar-refractivity contribution >= 4 is 16.8 Å². The molecule has 1 aromatic heterocycles. The molecule has 1 aliphatic heterocycles. The molecule has 0 saturated carbocycles. The molecule has 0 aliphatic carbocycles. The molecule has 0 amide bonds. The van der Waals surface area contributed by atoms with E-state index in [0.29, 0.717) is 35.4 Å². The summed E-state index contributed by atoms with van der Waals surface area (Å²) in [4.78, 5) is 26.2. The number of Topliss-reactive ketones (excluding diaryl/α,β-unsaturated/α-hetero) is 1. The maximum atomic E-state index is 12.3. The van der Waals surface area contributed by atoms with E-state index in [1.54, 1.807) is 18.2 Å². The van der Waals surface area contributed by atoms with Crippen molar-refractivity contribution in [3.8, 4) is 12.3 Å². The Morgan fingerprint density at radius 2 is 2.27 bits per heavy atom. The van der Waals surface area contributed by atoms with E-state index < -0.39 is 0 Å². The van der Waals surface area contributed by atoms with E-state index in [9.17, 15) is 9.59 Å². The van der Waals surface area contributed by atoms with Crippen molar-refractivity contribution < 1.29 is 9.21 Å². The molecule has 0 bridgehead atoms. The van der Waals surface area contributed by atoms with Crippen LogP contribution in [0.3, 0.4) is 0 Å². The van der Waals surface area contributed by atoms with Crippen LogP contribution in [0.25, 0.3) is 11.0 Å². The summed E-state index contributed by atoms with van der Waals surface area (Å²) in [5.74, 6) is 3.13. The summed E-state index contributed by atoms with van der Waals surface area (Å²) >= 11 is 0. The second kappa shape index (κ2) is 6.17. The summed E-state index contributed by atoms with van der Waals surface area (Å²) in [5, 5.41) is 0.496. The molecule has 2 aromatic rings. The fraction of sp³-hybridized carbons (Fsp3) is 0.333. The van der Waals surface area contributed by atoms with Crippen molar-refractivity contribution in [1.29, 1.82) is 0 Å². The van der Waals surface area contributed by atoms with Crippen LogP contribution in [0.2, 0.25) is 0 Å². The van der Waals surface area contributed by atoms with Gasteiger partial charge in [0.15, 0.2) is 11.2 Å². The molecule has 1 aromatic carbocycles. The second-order valence-corrected chi connectivity index (χ2v) is 5.62. The van der Waals surface area contributed by atoms with E-state index in [4.69, 9.17) is 10.8 Å². The average molecular weight is 295 g/mol. The third kappa shape index (κ3) is 2.95. The van der Waals surface area contributed by atoms with Crippen LogP contribution in [0.5, 0.6) is 0 Å². The molecule has 3 rings (SSSR count). The molecule has 1 unspecified atom stereocenters. The number of terminal acetylenes is 1. The quantitative estimate of drug-likeness (QED) is 0.641. The summed E-state index contributed by atoms with van der Waals surface area (Å²) in [6.45, 7) is 2.54. The van der Waals surface area contributed by atoms with Crippen LogP contribution in [-0.2, 0) is 0 Å². The molecular formula is C18H17NO3. The number of nitrogens with zero attached hydrogens (tertiary/aromatic N) is 1. The third-order valence-electron chi connectivity index (χ3n) is 4.15. The minimum Gasteiger partial charge on any atom is -0.464 e. The van der Waals surface area contributed by atoms with E-state index in [1.165, 1.54) is 12.3 Å². The molecule has 4 nitrogen and oxygen atoms in total. The zero-order valence-electron chi connectivity index (χ0n) is 12.2. The van der Waals surface area contributed by atoms with Crippen LogP contribution in [0, 0.1) is 18.3 Å². The lowest BCUT2D eigenvalue weighted by Gasteiger charge is -2.14. The largest absolute Gasteiger partial charge is 0.464 e. The van der Waals surface area contributed by atoms with E-state index in [0.717, 1.165) is 19.5 Å². The minimum absolute atomic E-state index is 0.0533. The average Bonchev–Trinajstić information content (AvgIpc) is 3.00. The van der Waals surface area contributed by atoms with Gasteiger partial charge in [-0.05, 0) is 25.1 Å². The number of ketones is 1. The first-order valence-electron chi connectivity index (χ1n) is 7.40. The maximum Gasteiger partial charge on any atom is 0.192 e. The first-order chi connectivity index (χ1) is 10.7. The number of carbonyl (C=O) groups excluding carboxylic acids is 1. The Morgan fingerprint density at radius 3 is 3.05 bits per heavy atom. The second-order valence-electron chi connectivity index (χ2n) is 5.62. The van der Waals surface area contributed by atoms with Gasteiger partial charge in [-0.3, -0.25) is 9.59 Å². The molecule has 0 radical (unpaired) electrons. The van der Waals surface area contributed by atoms with E-state index in [1.807, 2.05) is 0 Å². The topological polar surface area (TPSA) is 50.5 Å². The van der Waals surface area contributed by atoms with E-state index >= 15 is 0 Å². The summed E-state index contributed by atoms with van der Waals surface area (Å²) < 4.78 is 5.31. The van der Waals surface area contributed by atoms with Gasteiger partial charge in [-0.1, -0.05) is 6.07 Å². The molecule has 1 atom stereocenters. The van der Waals surface area contributed by atoms with Gasteiger partial charge in [-0.2, -0.15) is 0 Å². The van der Waals surface area contributed by atoms with Crippen molar-refractivity contribution in [1.82, 2.24) is 4.90 Å². The summed E-state index contributed by atoms with van der Waals surface area (Å²) in [6, 6.07) is 6.36. The predicted molar refractivity (Wildman–Crippen MR) is 84.8 cm³/mol. The van der Waals surface area contributed by atoms with Gasteiger partial charge in [0, 0.05) is 37.1 Å². The molecule has 2 heterocycles. The van der Waals surface area contributed by atoms with Gasteiger partial charge in [-0.15, -0.1) is 12.3 Å². The molecular weight excluding hydrogens is 278 g/mol. The lowest BCUT2D eigenvalue weighted by Crippen LogP contribution is -2.23. The SMILES string of the molecule is C#CC1CCN(CCC(=O)c2ccc3c(=O)ccoc3c2)C1. The van der Waals surface area contributed by atoms with Crippen LogP contribution in [-0.4, -0.2) is 30.3 Å². The Hall–Kier alpha value is -2.38. The number of hydrogen-bond acceptors (Lipinski definition) is 4. The zero-order chi connectivity index (χ0) is 15.5. The molecule has 1 fully saturated rings. The van der Waals surface area contributed by atoms with Crippen LogP contribution in [0.1, 0.15) is 23.2 Å². The normalized spacial score (nSPS) is 18.4. The van der Waals surface area contributed by atoms with Gasteiger partial charge in [-0.25, -0.2) is 0 Å². The maximum absolute atomic E-state index is 12.3. The van der Waals surface area contributed by atoms with E-state index in [-0.39, 0.29) is 11.2 Å². The monoisotopic (exact) mass is 295 g/mol. The van der Waals surface area contributed by atoms with Gasteiger partial charge < -0.3 is 9.32 Å². The Kier molecular flexibility index (Phi) is 4.08. The molecule has 112 valence electrons. The Labute approximate surface area is 128 Å². The number of carbonyl (C=O) groups is 1. The minimum atomic E-state index is -0.0994. The van der Waals surface area contributed by atoms with Crippen LogP contribution in [0.15, 0.2) is 39.7 Å². The first kappa shape index (κ1) is 14.6. The van der Waals surface area contributed by atoms with Crippen molar-refractivity contribution in [3.63, 3.8) is 0 Å². The van der Waals surface area contributed by atoms with Crippen LogP contribution < -0.4 is 5.43 Å². The molecule has 1 saturated heterocycles. The Balaban J connectivity index is 1.68. The van der Waals surface area contributed by atoms with Gasteiger partial charge in [0.1, 0.15) is 5.58 Å². The highest BCUT2D eigenvalue weighted by atomic mass is 16.3. The summed E-state index contributed by atoms with van der Waals surface area (Å²) in [6.07, 6.45) is 8.23. The van der Waals surface area contributed by atoms with Crippen molar-refractivity contribution in [3.05, 3.63) is 46.3 Å². The van der Waals surface area contributed by atoms with Gasteiger partial charge in [0.2, 0.25) is 0 Å². The highest BCUT2D eigenvalue weighted by molar-refractivity contribution is 5.99. The number of benzene rings is 1. The lowest BCUT2D eigenvalue weighted by atomic mass is 10.1. The van der Waals surface area contributed by atoms with Gasteiger partial charge in [0.05, 0.1) is 11.6 Å². The Morgan fingerprint density at radius 1 is 1.41 bits per heavy atom. The smallest absolute Gasteiger partial charge is 0.192 e. The zero-order valence-corrected chi connectivity index (χ0v) is 12.2. The fourth-order valence-corrected chi connectivity index (χ4v) is 2.83. The van der Waals surface area contributed by atoms with Crippen LogP contribution >= 0.6 is 0 Å². The van der Waals surface area contributed by atoms with Crippen molar-refractivity contribution in [2.45, 2.75) is 12.8 Å². The molecule has 4 heteroatoms. The number of fused-ring (bicyclic) bond motifs is 1. The number of rotatable bonds is 4. The van der Waals surface area contributed by atoms with Crippen molar-refractivity contribution in [2.24, 2.45) is 5.92 Å². The molecule has 22 heavy (non-hydrogen) atoms. The van der Waals surface area contributed by atoms with Crippen molar-refractivity contribution in [2.75, 3.05) is 19.6 Å². The highest BCUT2D eigenvalue weighted by Gasteiger charge is 2.21. The molecule has 0 spiro atoms. The van der Waals surface area contributed by atoms with E-state index in [2.05, 4.69) is 10.8 Å². The Bertz CT molecular complexity index is 800.